The number of benzene rings is 1. The number of thioether (sulfide) groups is 1. The molecule has 4 nitrogen and oxygen atoms in total. The second-order valence-corrected chi connectivity index (χ2v) is 7.35. The van der Waals surface area contributed by atoms with Crippen molar-refractivity contribution in [2.45, 2.75) is 24.5 Å². The van der Waals surface area contributed by atoms with E-state index in [0.29, 0.717) is 12.2 Å². The van der Waals surface area contributed by atoms with Crippen LogP contribution in [0, 0.1) is 12.8 Å². The molecule has 1 amide bonds. The highest BCUT2D eigenvalue weighted by molar-refractivity contribution is 7.98. The number of anilines is 1. The number of carbonyl (C=O) groups is 1. The number of rotatable bonds is 4. The van der Waals surface area contributed by atoms with Crippen LogP contribution in [0.5, 0.6) is 0 Å². The monoisotopic (exact) mass is 367 g/mol. The Morgan fingerprint density at radius 3 is 2.69 bits per heavy atom. The molecule has 2 heterocycles. The van der Waals surface area contributed by atoms with E-state index in [2.05, 4.69) is 34.3 Å². The van der Waals surface area contributed by atoms with Crippen LogP contribution in [0.3, 0.4) is 0 Å². The number of fused-ring (bicyclic) bond motifs is 1. The topological polar surface area (TPSA) is 54.9 Å². The number of hydrogen-bond acceptors (Lipinski definition) is 4. The first-order chi connectivity index (χ1) is 12.5. The van der Waals surface area contributed by atoms with Gasteiger partial charge in [0.1, 0.15) is 12.0 Å². The molecule has 3 aromatic rings. The molecule has 132 valence electrons. The van der Waals surface area contributed by atoms with Crippen LogP contribution < -0.4 is 5.32 Å². The Morgan fingerprint density at radius 2 is 2.00 bits per heavy atom. The molecule has 0 saturated heterocycles. The van der Waals surface area contributed by atoms with Gasteiger partial charge < -0.3 is 5.32 Å². The normalized spacial score (nSPS) is 18.7. The molecule has 26 heavy (non-hydrogen) atoms. The van der Waals surface area contributed by atoms with Crippen molar-refractivity contribution in [1.82, 2.24) is 9.97 Å². The van der Waals surface area contributed by atoms with Crippen molar-refractivity contribution in [3.63, 3.8) is 0 Å². The van der Waals surface area contributed by atoms with Gasteiger partial charge in [-0.2, -0.15) is 0 Å². The lowest BCUT2D eigenvalue weighted by Crippen LogP contribution is -2.15. The SMILES string of the molecule is CSc1cc(C)c(-c2ccc3cc(NC(=O)[C@@H]4C[C@@H]4F)ncc3c2)cn1. The second-order valence-electron chi connectivity index (χ2n) is 6.52. The lowest BCUT2D eigenvalue weighted by Gasteiger charge is -2.09. The predicted molar refractivity (Wildman–Crippen MR) is 103 cm³/mol. The molecule has 0 aliphatic heterocycles. The number of nitrogens with one attached hydrogen (secondary N) is 1. The highest BCUT2D eigenvalue weighted by Gasteiger charge is 2.43. The first-order valence-electron chi connectivity index (χ1n) is 8.41. The lowest BCUT2D eigenvalue weighted by molar-refractivity contribution is -0.117. The Morgan fingerprint density at radius 1 is 1.19 bits per heavy atom. The number of nitrogens with zero attached hydrogens (tertiary/aromatic N) is 2. The molecule has 4 rings (SSSR count). The predicted octanol–water partition coefficient (Wildman–Crippen LogP) is 4.62. The van der Waals surface area contributed by atoms with Crippen molar-refractivity contribution in [2.24, 2.45) is 5.92 Å². The van der Waals surface area contributed by atoms with Gasteiger partial charge in [-0.25, -0.2) is 14.4 Å². The van der Waals surface area contributed by atoms with Crippen LogP contribution in [-0.4, -0.2) is 28.3 Å². The number of carbonyl (C=O) groups excluding carboxylic acids is 1. The fourth-order valence-corrected chi connectivity index (χ4v) is 3.43. The van der Waals surface area contributed by atoms with Gasteiger partial charge in [0.2, 0.25) is 5.91 Å². The van der Waals surface area contributed by atoms with Crippen LogP contribution in [0.1, 0.15) is 12.0 Å². The van der Waals surface area contributed by atoms with E-state index >= 15 is 0 Å². The molecule has 1 fully saturated rings. The fraction of sp³-hybridized carbons (Fsp3) is 0.250. The van der Waals surface area contributed by atoms with Gasteiger partial charge in [0.25, 0.3) is 0 Å². The largest absolute Gasteiger partial charge is 0.310 e. The van der Waals surface area contributed by atoms with Crippen LogP contribution in [0.25, 0.3) is 21.9 Å². The van der Waals surface area contributed by atoms with E-state index in [1.165, 1.54) is 5.56 Å². The molecule has 1 aliphatic rings. The van der Waals surface area contributed by atoms with Gasteiger partial charge in [0, 0.05) is 23.3 Å². The summed E-state index contributed by atoms with van der Waals surface area (Å²) in [7, 11) is 0. The molecule has 1 saturated carbocycles. The van der Waals surface area contributed by atoms with Crippen LogP contribution in [0.15, 0.2) is 47.8 Å². The van der Waals surface area contributed by atoms with E-state index in [4.69, 9.17) is 0 Å². The average molecular weight is 367 g/mol. The van der Waals surface area contributed by atoms with Crippen molar-refractivity contribution >= 4 is 34.3 Å². The van der Waals surface area contributed by atoms with E-state index in [0.717, 1.165) is 26.9 Å². The van der Waals surface area contributed by atoms with E-state index in [9.17, 15) is 9.18 Å². The summed E-state index contributed by atoms with van der Waals surface area (Å²) in [4.78, 5) is 20.6. The van der Waals surface area contributed by atoms with Gasteiger partial charge in [-0.1, -0.05) is 12.1 Å². The van der Waals surface area contributed by atoms with E-state index in [-0.39, 0.29) is 5.91 Å². The smallest absolute Gasteiger partial charge is 0.231 e. The number of aromatic nitrogens is 2. The maximum absolute atomic E-state index is 13.0. The Hall–Kier alpha value is -2.47. The zero-order valence-corrected chi connectivity index (χ0v) is 15.3. The molecule has 2 aromatic heterocycles. The first-order valence-corrected chi connectivity index (χ1v) is 9.63. The zero-order chi connectivity index (χ0) is 18.3. The zero-order valence-electron chi connectivity index (χ0n) is 14.5. The maximum Gasteiger partial charge on any atom is 0.231 e. The molecule has 2 atom stereocenters. The minimum atomic E-state index is -1.01. The standard InChI is InChI=1S/C20H18FN3OS/c1-11-5-19(26-2)23-10-16(11)13-4-3-12-7-18(22-9-14(12)6-13)24-20(25)15-8-17(15)21/h3-7,9-10,15,17H,8H2,1-2H3,(H,22,24,25)/t15-,17+/m1/s1. The van der Waals surface area contributed by atoms with Crippen LogP contribution in [-0.2, 0) is 4.79 Å². The van der Waals surface area contributed by atoms with Crippen LogP contribution in [0.2, 0.25) is 0 Å². The van der Waals surface area contributed by atoms with E-state index < -0.39 is 12.1 Å². The number of halogens is 1. The third-order valence-corrected chi connectivity index (χ3v) is 5.27. The Bertz CT molecular complexity index is 1010. The highest BCUT2D eigenvalue weighted by atomic mass is 32.2. The summed E-state index contributed by atoms with van der Waals surface area (Å²) in [6.07, 6.45) is 4.94. The van der Waals surface area contributed by atoms with Crippen LogP contribution in [0.4, 0.5) is 10.2 Å². The number of amides is 1. The third-order valence-electron chi connectivity index (χ3n) is 4.63. The summed E-state index contributed by atoms with van der Waals surface area (Å²) < 4.78 is 13.0. The first kappa shape index (κ1) is 17.0. The van der Waals surface area contributed by atoms with Gasteiger partial charge in [-0.05, 0) is 54.3 Å². The summed E-state index contributed by atoms with van der Waals surface area (Å²) >= 11 is 1.62. The summed E-state index contributed by atoms with van der Waals surface area (Å²) in [5.41, 5.74) is 3.34. The quantitative estimate of drug-likeness (QED) is 0.684. The minimum Gasteiger partial charge on any atom is -0.310 e. The number of pyridine rings is 2. The highest BCUT2D eigenvalue weighted by Crippen LogP contribution is 2.35. The molecule has 0 unspecified atom stereocenters. The summed E-state index contributed by atoms with van der Waals surface area (Å²) in [6, 6.07) is 10.00. The molecular formula is C20H18FN3OS. The van der Waals surface area contributed by atoms with Crippen molar-refractivity contribution in [1.29, 1.82) is 0 Å². The van der Waals surface area contributed by atoms with Gasteiger partial charge in [0.05, 0.1) is 10.9 Å². The summed E-state index contributed by atoms with van der Waals surface area (Å²) in [6.45, 7) is 2.08. The Labute approximate surface area is 155 Å². The average Bonchev–Trinajstić information content (AvgIpc) is 3.38. The van der Waals surface area contributed by atoms with Crippen molar-refractivity contribution in [2.75, 3.05) is 11.6 Å². The maximum atomic E-state index is 13.0. The molecule has 1 N–H and O–H groups in total. The van der Waals surface area contributed by atoms with Crippen molar-refractivity contribution < 1.29 is 9.18 Å². The van der Waals surface area contributed by atoms with E-state index in [1.807, 2.05) is 30.7 Å². The third kappa shape index (κ3) is 3.29. The number of hydrogen-bond donors (Lipinski definition) is 1. The lowest BCUT2D eigenvalue weighted by atomic mass is 10.0. The molecule has 1 aromatic carbocycles. The minimum absolute atomic E-state index is 0.295. The molecular weight excluding hydrogens is 349 g/mol. The molecule has 0 radical (unpaired) electrons. The number of aryl methyl sites for hydroxylation is 1. The van der Waals surface area contributed by atoms with Gasteiger partial charge in [0.15, 0.2) is 0 Å². The molecule has 0 bridgehead atoms. The van der Waals surface area contributed by atoms with Crippen LogP contribution >= 0.6 is 11.8 Å². The van der Waals surface area contributed by atoms with Gasteiger partial charge in [-0.15, -0.1) is 11.8 Å². The second kappa shape index (κ2) is 6.68. The summed E-state index contributed by atoms with van der Waals surface area (Å²) in [5.74, 6) is -0.359. The Kier molecular flexibility index (Phi) is 4.36. The fourth-order valence-electron chi connectivity index (χ4n) is 2.98. The molecule has 0 spiro atoms. The van der Waals surface area contributed by atoms with Gasteiger partial charge in [-0.3, -0.25) is 4.79 Å². The summed E-state index contributed by atoms with van der Waals surface area (Å²) in [5, 5.41) is 5.64. The van der Waals surface area contributed by atoms with Crippen molar-refractivity contribution in [3.8, 4) is 11.1 Å². The molecule has 6 heteroatoms. The number of alkyl halides is 1. The molecule has 1 aliphatic carbocycles. The van der Waals surface area contributed by atoms with Gasteiger partial charge >= 0.3 is 0 Å². The Balaban J connectivity index is 1.62. The van der Waals surface area contributed by atoms with Crippen molar-refractivity contribution in [3.05, 3.63) is 48.3 Å². The van der Waals surface area contributed by atoms with E-state index in [1.54, 1.807) is 18.0 Å².